The van der Waals surface area contributed by atoms with E-state index in [-0.39, 0.29) is 23.6 Å². The molecule has 1 saturated heterocycles. The Bertz CT molecular complexity index is 996. The first-order chi connectivity index (χ1) is 13.4. The van der Waals surface area contributed by atoms with Gasteiger partial charge in [0.2, 0.25) is 5.95 Å². The van der Waals surface area contributed by atoms with E-state index >= 15 is 0 Å². The third kappa shape index (κ3) is 3.25. The molecular formula is C20H24FN5O2. The second kappa shape index (κ2) is 7.15. The van der Waals surface area contributed by atoms with Gasteiger partial charge in [0.15, 0.2) is 0 Å². The third-order valence-electron chi connectivity index (χ3n) is 5.84. The lowest BCUT2D eigenvalue weighted by Crippen LogP contribution is -2.45. The van der Waals surface area contributed by atoms with Crippen LogP contribution in [0.15, 0.2) is 17.1 Å². The molecule has 0 bridgehead atoms. The SMILES string of the molecule is C#Cc1cc2cnc(N[C@@H]3CCNC[C@H]3F)nc2n([C@@H]2CCC[C@@]2(C)O)c1=O. The number of piperidine rings is 1. The number of pyridine rings is 1. The Balaban J connectivity index is 1.82. The lowest BCUT2D eigenvalue weighted by atomic mass is 9.99. The summed E-state index contributed by atoms with van der Waals surface area (Å²) in [4.78, 5) is 21.8. The molecule has 2 fully saturated rings. The zero-order valence-electron chi connectivity index (χ0n) is 15.8. The monoisotopic (exact) mass is 385 g/mol. The fourth-order valence-electron chi connectivity index (χ4n) is 4.27. The van der Waals surface area contributed by atoms with E-state index in [4.69, 9.17) is 6.42 Å². The van der Waals surface area contributed by atoms with Gasteiger partial charge in [0, 0.05) is 18.1 Å². The molecule has 1 aliphatic heterocycles. The molecule has 1 saturated carbocycles. The first kappa shape index (κ1) is 18.8. The summed E-state index contributed by atoms with van der Waals surface area (Å²) in [5.41, 5.74) is -0.765. The Kier molecular flexibility index (Phi) is 4.81. The Morgan fingerprint density at radius 1 is 1.50 bits per heavy atom. The maximum Gasteiger partial charge on any atom is 0.268 e. The first-order valence-corrected chi connectivity index (χ1v) is 9.63. The van der Waals surface area contributed by atoms with Gasteiger partial charge in [-0.3, -0.25) is 9.36 Å². The molecule has 0 amide bonds. The number of nitrogens with one attached hydrogen (secondary N) is 2. The molecule has 2 aliphatic rings. The summed E-state index contributed by atoms with van der Waals surface area (Å²) in [6, 6.07) is 0.772. The van der Waals surface area contributed by atoms with Crippen LogP contribution in [-0.2, 0) is 0 Å². The lowest BCUT2D eigenvalue weighted by Gasteiger charge is -2.29. The van der Waals surface area contributed by atoms with Crippen molar-refractivity contribution in [2.24, 2.45) is 0 Å². The summed E-state index contributed by atoms with van der Waals surface area (Å²) in [6.45, 7) is 2.73. The molecule has 0 radical (unpaired) electrons. The molecule has 1 aliphatic carbocycles. The normalized spacial score (nSPS) is 30.3. The number of alkyl halides is 1. The van der Waals surface area contributed by atoms with Crippen molar-refractivity contribution in [2.45, 2.75) is 56.5 Å². The molecule has 148 valence electrons. The minimum Gasteiger partial charge on any atom is -0.388 e. The van der Waals surface area contributed by atoms with Crippen LogP contribution in [0.4, 0.5) is 10.3 Å². The summed E-state index contributed by atoms with van der Waals surface area (Å²) in [5, 5.41) is 17.5. The summed E-state index contributed by atoms with van der Waals surface area (Å²) in [5.74, 6) is 2.69. The second-order valence-electron chi connectivity index (χ2n) is 7.87. The smallest absolute Gasteiger partial charge is 0.268 e. The van der Waals surface area contributed by atoms with E-state index in [1.54, 1.807) is 19.2 Å². The number of aliphatic hydroxyl groups is 1. The van der Waals surface area contributed by atoms with Gasteiger partial charge in [-0.1, -0.05) is 5.92 Å². The van der Waals surface area contributed by atoms with E-state index in [0.29, 0.717) is 36.8 Å². The summed E-state index contributed by atoms with van der Waals surface area (Å²) < 4.78 is 15.6. The number of hydrogen-bond donors (Lipinski definition) is 3. The highest BCUT2D eigenvalue weighted by Gasteiger charge is 2.39. The minimum atomic E-state index is -1.05. The topological polar surface area (TPSA) is 92.1 Å². The van der Waals surface area contributed by atoms with Crippen LogP contribution in [0.5, 0.6) is 0 Å². The number of nitrogens with zero attached hydrogens (tertiary/aromatic N) is 3. The Morgan fingerprint density at radius 3 is 3.00 bits per heavy atom. The van der Waals surface area contributed by atoms with Crippen LogP contribution >= 0.6 is 0 Å². The number of fused-ring (bicyclic) bond motifs is 1. The highest BCUT2D eigenvalue weighted by Crippen LogP contribution is 2.39. The van der Waals surface area contributed by atoms with Gasteiger partial charge < -0.3 is 15.7 Å². The van der Waals surface area contributed by atoms with E-state index < -0.39 is 23.9 Å². The van der Waals surface area contributed by atoms with Crippen molar-refractivity contribution in [2.75, 3.05) is 18.4 Å². The standard InChI is InChI=1S/C20H24FN5O2/c1-3-12-9-13-10-23-19(24-15-6-8-22-11-14(15)21)25-17(13)26(18(12)27)16-5-4-7-20(16,2)28/h1,9-10,14-16,22,28H,4-8,11H2,2H3,(H,23,24,25)/t14-,15-,16-,20-/m1/s1. The van der Waals surface area contributed by atoms with Gasteiger partial charge in [-0.15, -0.1) is 6.42 Å². The fourth-order valence-corrected chi connectivity index (χ4v) is 4.27. The van der Waals surface area contributed by atoms with Gasteiger partial charge in [0.1, 0.15) is 11.8 Å². The van der Waals surface area contributed by atoms with Crippen LogP contribution in [0.25, 0.3) is 11.0 Å². The number of hydrogen-bond acceptors (Lipinski definition) is 6. The highest BCUT2D eigenvalue weighted by atomic mass is 19.1. The molecule has 2 aromatic rings. The maximum atomic E-state index is 14.1. The number of terminal acetylenes is 1. The summed E-state index contributed by atoms with van der Waals surface area (Å²) in [7, 11) is 0. The van der Waals surface area contributed by atoms with E-state index in [1.807, 2.05) is 0 Å². The molecule has 0 aromatic carbocycles. The zero-order valence-corrected chi connectivity index (χ0v) is 15.8. The van der Waals surface area contributed by atoms with Crippen LogP contribution in [0.1, 0.15) is 44.2 Å². The predicted molar refractivity (Wildman–Crippen MR) is 105 cm³/mol. The third-order valence-corrected chi connectivity index (χ3v) is 5.84. The van der Waals surface area contributed by atoms with Crippen molar-refractivity contribution in [3.05, 3.63) is 28.2 Å². The molecule has 4 rings (SSSR count). The van der Waals surface area contributed by atoms with Crippen LogP contribution < -0.4 is 16.2 Å². The molecule has 0 spiro atoms. The van der Waals surface area contributed by atoms with E-state index in [9.17, 15) is 14.3 Å². The molecule has 8 heteroatoms. The van der Waals surface area contributed by atoms with Gasteiger partial charge in [0.25, 0.3) is 5.56 Å². The molecule has 0 unspecified atom stereocenters. The molecular weight excluding hydrogens is 361 g/mol. The van der Waals surface area contributed by atoms with E-state index in [0.717, 1.165) is 6.42 Å². The quantitative estimate of drug-likeness (QED) is 0.691. The van der Waals surface area contributed by atoms with Crippen LogP contribution in [0, 0.1) is 12.3 Å². The van der Waals surface area contributed by atoms with Crippen molar-refractivity contribution in [1.82, 2.24) is 19.9 Å². The predicted octanol–water partition coefficient (Wildman–Crippen LogP) is 1.36. The zero-order chi connectivity index (χ0) is 19.9. The Morgan fingerprint density at radius 2 is 2.32 bits per heavy atom. The van der Waals surface area contributed by atoms with Gasteiger partial charge >= 0.3 is 0 Å². The number of halogens is 1. The Hall–Kier alpha value is -2.50. The van der Waals surface area contributed by atoms with Gasteiger partial charge in [-0.25, -0.2) is 9.37 Å². The molecule has 2 aromatic heterocycles. The fraction of sp³-hybridized carbons (Fsp3) is 0.550. The maximum absolute atomic E-state index is 14.1. The molecule has 7 nitrogen and oxygen atoms in total. The second-order valence-corrected chi connectivity index (χ2v) is 7.87. The molecule has 3 N–H and O–H groups in total. The van der Waals surface area contributed by atoms with Crippen molar-refractivity contribution in [3.63, 3.8) is 0 Å². The highest BCUT2D eigenvalue weighted by molar-refractivity contribution is 5.77. The molecule has 3 heterocycles. The lowest BCUT2D eigenvalue weighted by molar-refractivity contribution is 0.0266. The van der Waals surface area contributed by atoms with Crippen LogP contribution in [0.3, 0.4) is 0 Å². The Labute approximate surface area is 162 Å². The van der Waals surface area contributed by atoms with Gasteiger partial charge in [-0.2, -0.15) is 4.98 Å². The average molecular weight is 385 g/mol. The van der Waals surface area contributed by atoms with E-state index in [2.05, 4.69) is 26.5 Å². The van der Waals surface area contributed by atoms with E-state index in [1.165, 1.54) is 4.57 Å². The number of anilines is 1. The molecule has 28 heavy (non-hydrogen) atoms. The van der Waals surface area contributed by atoms with Gasteiger partial charge in [-0.05, 0) is 45.2 Å². The number of rotatable bonds is 3. The van der Waals surface area contributed by atoms with Crippen LogP contribution in [0.2, 0.25) is 0 Å². The van der Waals surface area contributed by atoms with Crippen molar-refractivity contribution in [1.29, 1.82) is 0 Å². The minimum absolute atomic E-state index is 0.210. The van der Waals surface area contributed by atoms with Crippen molar-refractivity contribution >= 4 is 17.0 Å². The number of aromatic nitrogens is 3. The summed E-state index contributed by atoms with van der Waals surface area (Å²) in [6.07, 6.45) is 8.73. The molecule has 4 atom stereocenters. The van der Waals surface area contributed by atoms with Crippen molar-refractivity contribution in [3.8, 4) is 12.3 Å². The van der Waals surface area contributed by atoms with Crippen LogP contribution in [-0.4, -0.2) is 50.5 Å². The summed E-state index contributed by atoms with van der Waals surface area (Å²) >= 11 is 0. The average Bonchev–Trinajstić information content (AvgIpc) is 3.02. The van der Waals surface area contributed by atoms with Crippen molar-refractivity contribution < 1.29 is 9.50 Å². The first-order valence-electron chi connectivity index (χ1n) is 9.63. The largest absolute Gasteiger partial charge is 0.388 e. The van der Waals surface area contributed by atoms with Gasteiger partial charge in [0.05, 0.1) is 23.2 Å².